The summed E-state index contributed by atoms with van der Waals surface area (Å²) in [5.41, 5.74) is 1.22. The Balaban J connectivity index is 4.53. The molecule has 0 aliphatic heterocycles. The first-order valence-electron chi connectivity index (χ1n) is 4.19. The van der Waals surface area contributed by atoms with Crippen molar-refractivity contribution in [2.24, 2.45) is 0 Å². The van der Waals surface area contributed by atoms with Gasteiger partial charge in [0.1, 0.15) is 0 Å². The summed E-state index contributed by atoms with van der Waals surface area (Å²) in [7, 11) is 2.52. The van der Waals surface area contributed by atoms with Gasteiger partial charge >= 0.3 is 0 Å². The van der Waals surface area contributed by atoms with E-state index in [1.165, 1.54) is 0 Å². The molecular weight excluding hydrogens is 174 g/mol. The molecule has 0 saturated heterocycles. The first-order valence-corrected chi connectivity index (χ1v) is 7.31. The summed E-state index contributed by atoms with van der Waals surface area (Å²) >= 11 is 6.61. The molecule has 0 fully saturated rings. The van der Waals surface area contributed by atoms with Gasteiger partial charge in [-0.25, -0.2) is 0 Å². The van der Waals surface area contributed by atoms with Crippen molar-refractivity contribution in [3.63, 3.8) is 0 Å². The van der Waals surface area contributed by atoms with Gasteiger partial charge in [-0.15, -0.1) is 11.1 Å². The molecule has 0 aromatic heterocycles. The summed E-state index contributed by atoms with van der Waals surface area (Å²) < 4.78 is 2.24. The van der Waals surface area contributed by atoms with Crippen LogP contribution in [0.3, 0.4) is 0 Å². The Hall–Kier alpha value is 0.467. The largest absolute Gasteiger partial charge is 0.317 e. The molecule has 0 radical (unpaired) electrons. The molecule has 0 atom stereocenters. The van der Waals surface area contributed by atoms with Crippen LogP contribution in [0.1, 0.15) is 27.7 Å². The van der Waals surface area contributed by atoms with Gasteiger partial charge in [-0.2, -0.15) is 0 Å². The van der Waals surface area contributed by atoms with Crippen LogP contribution in [0.2, 0.25) is 11.1 Å². The highest BCUT2D eigenvalue weighted by molar-refractivity contribution is 7.20. The molecule has 0 N–H and O–H groups in total. The Bertz CT molecular complexity index is 101. The standard InChI is InChI=1S/C8H20ClNSi/c1-7(2)11(9,8(3)4)10(5)6/h7-8H,1-6H3. The van der Waals surface area contributed by atoms with Crippen LogP contribution in [0.4, 0.5) is 0 Å². The van der Waals surface area contributed by atoms with Crippen LogP contribution < -0.4 is 0 Å². The molecule has 0 bridgehead atoms. The maximum absolute atomic E-state index is 6.61. The average molecular weight is 194 g/mol. The third-order valence-electron chi connectivity index (χ3n) is 2.30. The van der Waals surface area contributed by atoms with Crippen molar-refractivity contribution in [2.45, 2.75) is 38.8 Å². The minimum Gasteiger partial charge on any atom is -0.317 e. The van der Waals surface area contributed by atoms with Gasteiger partial charge in [-0.3, -0.25) is 0 Å². The number of hydrogen-bond donors (Lipinski definition) is 0. The highest BCUT2D eigenvalue weighted by Crippen LogP contribution is 2.36. The zero-order valence-corrected chi connectivity index (χ0v) is 10.2. The van der Waals surface area contributed by atoms with Crippen molar-refractivity contribution < 1.29 is 0 Å². The molecule has 0 amide bonds. The third-order valence-corrected chi connectivity index (χ3v) is 10.5. The second-order valence-corrected chi connectivity index (χ2v) is 10.4. The fraction of sp³-hybridized carbons (Fsp3) is 1.00. The summed E-state index contributed by atoms with van der Waals surface area (Å²) in [6.45, 7) is 8.89. The lowest BCUT2D eigenvalue weighted by molar-refractivity contribution is 0.591. The predicted molar refractivity (Wildman–Crippen MR) is 55.5 cm³/mol. The highest BCUT2D eigenvalue weighted by atomic mass is 35.6. The lowest BCUT2D eigenvalue weighted by atomic mass is 10.5. The number of rotatable bonds is 3. The van der Waals surface area contributed by atoms with Crippen LogP contribution in [-0.4, -0.2) is 26.2 Å². The molecule has 0 saturated carbocycles. The van der Waals surface area contributed by atoms with Crippen molar-refractivity contribution in [1.82, 2.24) is 4.57 Å². The summed E-state index contributed by atoms with van der Waals surface area (Å²) in [5.74, 6) is 0. The molecule has 0 heterocycles. The van der Waals surface area contributed by atoms with E-state index in [9.17, 15) is 0 Å². The van der Waals surface area contributed by atoms with Gasteiger partial charge in [0.2, 0.25) is 7.55 Å². The predicted octanol–water partition coefficient (Wildman–Crippen LogP) is 3.05. The molecule has 0 aromatic rings. The Morgan fingerprint density at radius 3 is 1.27 bits per heavy atom. The topological polar surface area (TPSA) is 3.24 Å². The molecule has 0 aliphatic rings. The second-order valence-electron chi connectivity index (χ2n) is 3.93. The Morgan fingerprint density at radius 2 is 1.27 bits per heavy atom. The van der Waals surface area contributed by atoms with E-state index in [-0.39, 0.29) is 0 Å². The van der Waals surface area contributed by atoms with E-state index in [0.29, 0.717) is 11.1 Å². The van der Waals surface area contributed by atoms with Crippen LogP contribution in [0.25, 0.3) is 0 Å². The van der Waals surface area contributed by atoms with Crippen LogP contribution in [-0.2, 0) is 0 Å². The molecular formula is C8H20ClNSi. The van der Waals surface area contributed by atoms with E-state index in [0.717, 1.165) is 0 Å². The third kappa shape index (κ3) is 2.20. The van der Waals surface area contributed by atoms with Crippen LogP contribution in [0.15, 0.2) is 0 Å². The van der Waals surface area contributed by atoms with E-state index in [4.69, 9.17) is 11.1 Å². The molecule has 3 heteroatoms. The number of hydrogen-bond acceptors (Lipinski definition) is 1. The summed E-state index contributed by atoms with van der Waals surface area (Å²) in [4.78, 5) is 0. The normalized spacial score (nSPS) is 13.6. The Labute approximate surface area is 76.5 Å². The molecule has 68 valence electrons. The van der Waals surface area contributed by atoms with Gasteiger partial charge in [0, 0.05) is 0 Å². The molecule has 0 spiro atoms. The highest BCUT2D eigenvalue weighted by Gasteiger charge is 2.40. The molecule has 0 rings (SSSR count). The Morgan fingerprint density at radius 1 is 1.00 bits per heavy atom. The van der Waals surface area contributed by atoms with Crippen molar-refractivity contribution in [3.05, 3.63) is 0 Å². The van der Waals surface area contributed by atoms with Gasteiger partial charge in [0.05, 0.1) is 0 Å². The molecule has 11 heavy (non-hydrogen) atoms. The van der Waals surface area contributed by atoms with Gasteiger partial charge in [-0.05, 0) is 25.2 Å². The molecule has 1 nitrogen and oxygen atoms in total. The van der Waals surface area contributed by atoms with Crippen molar-refractivity contribution in [2.75, 3.05) is 14.1 Å². The van der Waals surface area contributed by atoms with E-state index in [2.05, 4.69) is 46.4 Å². The smallest absolute Gasteiger partial charge is 0.233 e. The van der Waals surface area contributed by atoms with Crippen molar-refractivity contribution >= 4 is 18.6 Å². The first kappa shape index (κ1) is 11.5. The monoisotopic (exact) mass is 193 g/mol. The van der Waals surface area contributed by atoms with E-state index >= 15 is 0 Å². The summed E-state index contributed by atoms with van der Waals surface area (Å²) in [6.07, 6.45) is 0. The minimum absolute atomic E-state index is 0.610. The Kier molecular flexibility index (Phi) is 4.09. The molecule has 0 aliphatic carbocycles. The summed E-state index contributed by atoms with van der Waals surface area (Å²) in [6, 6.07) is 0. The van der Waals surface area contributed by atoms with Crippen LogP contribution in [0, 0.1) is 0 Å². The van der Waals surface area contributed by atoms with Gasteiger partial charge in [-0.1, -0.05) is 27.7 Å². The van der Waals surface area contributed by atoms with Gasteiger partial charge in [0.15, 0.2) is 0 Å². The quantitative estimate of drug-likeness (QED) is 0.492. The van der Waals surface area contributed by atoms with Gasteiger partial charge < -0.3 is 4.57 Å². The lowest BCUT2D eigenvalue weighted by Gasteiger charge is -2.38. The van der Waals surface area contributed by atoms with E-state index < -0.39 is 7.55 Å². The fourth-order valence-electron chi connectivity index (χ4n) is 1.70. The number of halogens is 1. The minimum atomic E-state index is -1.68. The molecule has 0 aromatic carbocycles. The maximum atomic E-state index is 6.61. The SMILES string of the molecule is CC(C)[Si](Cl)(C(C)C)N(C)C. The van der Waals surface area contributed by atoms with Crippen LogP contribution >= 0.6 is 11.1 Å². The fourth-order valence-corrected chi connectivity index (χ4v) is 5.10. The molecule has 0 unspecified atom stereocenters. The van der Waals surface area contributed by atoms with Crippen molar-refractivity contribution in [3.8, 4) is 0 Å². The van der Waals surface area contributed by atoms with Crippen molar-refractivity contribution in [1.29, 1.82) is 0 Å². The maximum Gasteiger partial charge on any atom is 0.233 e. The second kappa shape index (κ2) is 3.92. The number of nitrogens with zero attached hydrogens (tertiary/aromatic N) is 1. The average Bonchev–Trinajstić information content (AvgIpc) is 1.84. The zero-order chi connectivity index (χ0) is 9.23. The summed E-state index contributed by atoms with van der Waals surface area (Å²) in [5, 5.41) is 0. The van der Waals surface area contributed by atoms with Gasteiger partial charge in [0.25, 0.3) is 0 Å². The zero-order valence-electron chi connectivity index (χ0n) is 8.48. The first-order chi connectivity index (χ1) is 4.83. The van der Waals surface area contributed by atoms with E-state index in [1.807, 2.05) is 0 Å². The van der Waals surface area contributed by atoms with Crippen LogP contribution in [0.5, 0.6) is 0 Å². The van der Waals surface area contributed by atoms with E-state index in [1.54, 1.807) is 0 Å². The lowest BCUT2D eigenvalue weighted by Crippen LogP contribution is -2.49.